The highest BCUT2D eigenvalue weighted by Gasteiger charge is 2.31. The second kappa shape index (κ2) is 7.08. The van der Waals surface area contributed by atoms with Gasteiger partial charge in [-0.25, -0.2) is 4.98 Å². The van der Waals surface area contributed by atoms with Gasteiger partial charge in [-0.3, -0.25) is 9.78 Å². The molecule has 0 spiro atoms. The number of carbonyl (C=O) groups excluding carboxylic acids is 1. The van der Waals surface area contributed by atoms with Gasteiger partial charge in [-0.2, -0.15) is 0 Å². The fourth-order valence-electron chi connectivity index (χ4n) is 4.27. The Morgan fingerprint density at radius 2 is 1.82 bits per heavy atom. The van der Waals surface area contributed by atoms with E-state index in [4.69, 9.17) is 0 Å². The molecule has 3 heterocycles. The molecule has 1 aliphatic heterocycles. The minimum absolute atomic E-state index is 0.0308. The number of aryl methyl sites for hydroxylation is 1. The number of anilines is 3. The summed E-state index contributed by atoms with van der Waals surface area (Å²) in [6.45, 7) is 0.530. The van der Waals surface area contributed by atoms with Crippen molar-refractivity contribution in [3.05, 3.63) is 77.7 Å². The van der Waals surface area contributed by atoms with Crippen LogP contribution in [-0.2, 0) is 24.2 Å². The number of fused-ring (bicyclic) bond motifs is 3. The van der Waals surface area contributed by atoms with Crippen LogP contribution in [0.5, 0.6) is 0 Å². The Kier molecular flexibility index (Phi) is 4.28. The Bertz CT molecular complexity index is 1030. The predicted octanol–water partition coefficient (Wildman–Crippen LogP) is 4.26. The average Bonchev–Trinajstić information content (AvgIpc) is 3.05. The molecule has 140 valence electrons. The van der Waals surface area contributed by atoms with Crippen LogP contribution in [-0.4, -0.2) is 15.9 Å². The second-order valence-corrected chi connectivity index (χ2v) is 7.48. The maximum atomic E-state index is 13.7. The van der Waals surface area contributed by atoms with E-state index in [1.165, 1.54) is 5.56 Å². The average molecular weight is 370 g/mol. The van der Waals surface area contributed by atoms with Crippen molar-refractivity contribution in [1.29, 1.82) is 0 Å². The van der Waals surface area contributed by atoms with E-state index in [-0.39, 0.29) is 11.8 Å². The molecule has 2 aliphatic rings. The molecule has 0 saturated carbocycles. The lowest BCUT2D eigenvalue weighted by atomic mass is 9.95. The van der Waals surface area contributed by atoms with E-state index in [2.05, 4.69) is 21.4 Å². The van der Waals surface area contributed by atoms with Gasteiger partial charge in [0.2, 0.25) is 5.91 Å². The molecule has 0 saturated heterocycles. The van der Waals surface area contributed by atoms with E-state index in [0.29, 0.717) is 6.54 Å². The number of pyridine rings is 2. The van der Waals surface area contributed by atoms with Gasteiger partial charge >= 0.3 is 0 Å². The van der Waals surface area contributed by atoms with Gasteiger partial charge in [0, 0.05) is 29.6 Å². The maximum Gasteiger partial charge on any atom is 0.230 e. The van der Waals surface area contributed by atoms with Crippen molar-refractivity contribution in [1.82, 2.24) is 9.97 Å². The van der Waals surface area contributed by atoms with E-state index in [1.54, 1.807) is 6.20 Å². The Hall–Kier alpha value is -3.21. The Balaban J connectivity index is 1.52. The second-order valence-electron chi connectivity index (χ2n) is 7.48. The lowest BCUT2D eigenvalue weighted by molar-refractivity contribution is -0.122. The van der Waals surface area contributed by atoms with E-state index in [1.807, 2.05) is 53.6 Å². The van der Waals surface area contributed by atoms with Gasteiger partial charge in [-0.05, 0) is 55.5 Å². The number of aromatic nitrogens is 2. The largest absolute Gasteiger partial charge is 0.338 e. The van der Waals surface area contributed by atoms with Gasteiger partial charge in [0.1, 0.15) is 5.82 Å². The number of amides is 1. The van der Waals surface area contributed by atoms with Crippen LogP contribution < -0.4 is 10.2 Å². The number of hydrogen-bond donors (Lipinski definition) is 1. The zero-order valence-electron chi connectivity index (χ0n) is 15.6. The molecule has 0 unspecified atom stereocenters. The summed E-state index contributed by atoms with van der Waals surface area (Å²) in [6.07, 6.45) is 7.22. The van der Waals surface area contributed by atoms with Gasteiger partial charge in [0.25, 0.3) is 0 Å². The SMILES string of the molecule is O=C([C@@H]1CCCc2ncccc2C1)N1Cc2cccnc2Nc2ccccc21. The van der Waals surface area contributed by atoms with E-state index >= 15 is 0 Å². The van der Waals surface area contributed by atoms with Gasteiger partial charge in [0.05, 0.1) is 17.9 Å². The molecule has 0 radical (unpaired) electrons. The predicted molar refractivity (Wildman–Crippen MR) is 110 cm³/mol. The molecule has 2 aromatic heterocycles. The van der Waals surface area contributed by atoms with Crippen molar-refractivity contribution in [3.8, 4) is 0 Å². The summed E-state index contributed by atoms with van der Waals surface area (Å²) < 4.78 is 0. The molecule has 0 bridgehead atoms. The van der Waals surface area contributed by atoms with E-state index in [0.717, 1.165) is 54.1 Å². The van der Waals surface area contributed by atoms with Crippen molar-refractivity contribution in [2.24, 2.45) is 5.92 Å². The Labute approximate surface area is 164 Å². The molecule has 1 atom stereocenters. The first-order chi connectivity index (χ1) is 13.8. The monoisotopic (exact) mass is 370 g/mol. The lowest BCUT2D eigenvalue weighted by Gasteiger charge is -2.27. The number of nitrogens with zero attached hydrogens (tertiary/aromatic N) is 3. The molecular weight excluding hydrogens is 348 g/mol. The van der Waals surface area contributed by atoms with Crippen LogP contribution in [0.2, 0.25) is 0 Å². The quantitative estimate of drug-likeness (QED) is 0.650. The molecular formula is C23H22N4O. The third kappa shape index (κ3) is 3.03. The van der Waals surface area contributed by atoms with Crippen molar-refractivity contribution >= 4 is 23.1 Å². The first-order valence-electron chi connectivity index (χ1n) is 9.84. The van der Waals surface area contributed by atoms with E-state index < -0.39 is 0 Å². The third-order valence-electron chi connectivity index (χ3n) is 5.70. The van der Waals surface area contributed by atoms with Crippen LogP contribution in [0, 0.1) is 5.92 Å². The van der Waals surface area contributed by atoms with Crippen LogP contribution in [0.3, 0.4) is 0 Å². The molecule has 1 aliphatic carbocycles. The van der Waals surface area contributed by atoms with Gasteiger partial charge in [-0.15, -0.1) is 0 Å². The molecule has 1 amide bonds. The van der Waals surface area contributed by atoms with Crippen LogP contribution in [0.25, 0.3) is 0 Å². The summed E-state index contributed by atoms with van der Waals surface area (Å²) in [4.78, 5) is 24.6. The summed E-state index contributed by atoms with van der Waals surface area (Å²) in [7, 11) is 0. The Morgan fingerprint density at radius 1 is 1.00 bits per heavy atom. The smallest absolute Gasteiger partial charge is 0.230 e. The molecule has 3 aromatic rings. The molecule has 1 N–H and O–H groups in total. The van der Waals surface area contributed by atoms with Crippen LogP contribution >= 0.6 is 0 Å². The first-order valence-corrected chi connectivity index (χ1v) is 9.84. The minimum Gasteiger partial charge on any atom is -0.338 e. The number of nitrogens with one attached hydrogen (secondary N) is 1. The van der Waals surface area contributed by atoms with Crippen LogP contribution in [0.4, 0.5) is 17.2 Å². The molecule has 5 nitrogen and oxygen atoms in total. The summed E-state index contributed by atoms with van der Waals surface area (Å²) in [5.74, 6) is 0.972. The zero-order valence-corrected chi connectivity index (χ0v) is 15.6. The number of carbonyl (C=O) groups is 1. The normalized spacial score (nSPS) is 18.0. The van der Waals surface area contributed by atoms with Crippen LogP contribution in [0.1, 0.15) is 29.7 Å². The fourth-order valence-corrected chi connectivity index (χ4v) is 4.27. The molecule has 5 rings (SSSR count). The highest BCUT2D eigenvalue weighted by molar-refractivity contribution is 5.99. The number of hydrogen-bond acceptors (Lipinski definition) is 4. The van der Waals surface area contributed by atoms with Crippen LogP contribution in [0.15, 0.2) is 60.9 Å². The van der Waals surface area contributed by atoms with Crippen molar-refractivity contribution in [2.45, 2.75) is 32.2 Å². The summed E-state index contributed by atoms with van der Waals surface area (Å²) in [5, 5.41) is 3.40. The highest BCUT2D eigenvalue weighted by Crippen LogP contribution is 2.36. The Morgan fingerprint density at radius 3 is 2.75 bits per heavy atom. The minimum atomic E-state index is -0.0308. The number of benzene rings is 1. The number of rotatable bonds is 1. The van der Waals surface area contributed by atoms with Crippen molar-refractivity contribution in [2.75, 3.05) is 10.2 Å². The standard InChI is InChI=1S/C23H22N4O/c28-23(17-6-3-10-19-16(14-17)7-4-12-24-19)27-15-18-8-5-13-25-22(18)26-20-9-1-2-11-21(20)27/h1-2,4-5,7-9,11-13,17H,3,6,10,14-15H2,(H,25,26)/t17-/m1/s1. The summed E-state index contributed by atoms with van der Waals surface area (Å²) >= 11 is 0. The zero-order chi connectivity index (χ0) is 18.9. The maximum absolute atomic E-state index is 13.7. The molecule has 0 fully saturated rings. The molecule has 1 aromatic carbocycles. The first kappa shape index (κ1) is 16.9. The summed E-state index contributed by atoms with van der Waals surface area (Å²) in [5.41, 5.74) is 5.22. The van der Waals surface area contributed by atoms with Gasteiger partial charge in [-0.1, -0.05) is 24.3 Å². The number of para-hydroxylation sites is 2. The highest BCUT2D eigenvalue weighted by atomic mass is 16.2. The van der Waals surface area contributed by atoms with Gasteiger partial charge < -0.3 is 10.2 Å². The fraction of sp³-hybridized carbons (Fsp3) is 0.261. The molecule has 28 heavy (non-hydrogen) atoms. The topological polar surface area (TPSA) is 58.1 Å². The third-order valence-corrected chi connectivity index (χ3v) is 5.70. The molecule has 5 heteroatoms. The summed E-state index contributed by atoms with van der Waals surface area (Å²) in [6, 6.07) is 16.0. The lowest BCUT2D eigenvalue weighted by Crippen LogP contribution is -2.36. The van der Waals surface area contributed by atoms with Crippen molar-refractivity contribution in [3.63, 3.8) is 0 Å². The van der Waals surface area contributed by atoms with E-state index in [9.17, 15) is 4.79 Å². The van der Waals surface area contributed by atoms with Crippen molar-refractivity contribution < 1.29 is 4.79 Å². The van der Waals surface area contributed by atoms with Gasteiger partial charge in [0.15, 0.2) is 0 Å².